The van der Waals surface area contributed by atoms with Crippen molar-refractivity contribution in [3.8, 4) is 0 Å². The van der Waals surface area contributed by atoms with E-state index in [1.807, 2.05) is 37.3 Å². The molecule has 1 heterocycles. The smallest absolute Gasteiger partial charge is 0.270 e. The molecule has 0 aromatic heterocycles. The highest BCUT2D eigenvalue weighted by molar-refractivity contribution is 8.26. The number of nitro benzene ring substituents is 1. The Balaban J connectivity index is 1.37. The molecule has 11 heteroatoms. The zero-order valence-electron chi connectivity index (χ0n) is 19.0. The molecule has 35 heavy (non-hydrogen) atoms. The predicted molar refractivity (Wildman–Crippen MR) is 138 cm³/mol. The van der Waals surface area contributed by atoms with Crippen molar-refractivity contribution >= 4 is 57.8 Å². The van der Waals surface area contributed by atoms with Crippen LogP contribution in [0.1, 0.15) is 47.2 Å². The van der Waals surface area contributed by atoms with Crippen LogP contribution < -0.4 is 10.9 Å². The number of nitro groups is 1. The van der Waals surface area contributed by atoms with Crippen LogP contribution in [0.3, 0.4) is 0 Å². The van der Waals surface area contributed by atoms with Gasteiger partial charge in [0.05, 0.1) is 9.83 Å². The number of rotatable bonds is 9. The third-order valence-electron chi connectivity index (χ3n) is 5.17. The Morgan fingerprint density at radius 2 is 1.86 bits per heavy atom. The van der Waals surface area contributed by atoms with E-state index in [1.54, 1.807) is 4.90 Å². The summed E-state index contributed by atoms with van der Waals surface area (Å²) in [5, 5.41) is 10.8. The van der Waals surface area contributed by atoms with E-state index in [2.05, 4.69) is 10.9 Å². The van der Waals surface area contributed by atoms with Gasteiger partial charge in [0.2, 0.25) is 5.91 Å². The number of nitrogens with one attached hydrogen (secondary N) is 2. The van der Waals surface area contributed by atoms with Crippen molar-refractivity contribution in [2.75, 3.05) is 6.54 Å². The van der Waals surface area contributed by atoms with E-state index >= 15 is 0 Å². The Morgan fingerprint density at radius 3 is 2.57 bits per heavy atom. The lowest BCUT2D eigenvalue weighted by Gasteiger charge is -2.14. The zero-order valence-corrected chi connectivity index (χ0v) is 20.6. The lowest BCUT2D eigenvalue weighted by Crippen LogP contribution is -2.41. The van der Waals surface area contributed by atoms with Gasteiger partial charge in [-0.15, -0.1) is 0 Å². The number of nitrogens with zero attached hydrogens (tertiary/aromatic N) is 2. The summed E-state index contributed by atoms with van der Waals surface area (Å²) in [6, 6.07) is 13.1. The van der Waals surface area contributed by atoms with E-state index in [9.17, 15) is 24.5 Å². The molecule has 3 amide bonds. The first-order chi connectivity index (χ1) is 16.7. The molecule has 0 radical (unpaired) electrons. The molecule has 2 aromatic rings. The summed E-state index contributed by atoms with van der Waals surface area (Å²) in [5.41, 5.74) is 6.50. The van der Waals surface area contributed by atoms with Gasteiger partial charge in [0.1, 0.15) is 4.32 Å². The van der Waals surface area contributed by atoms with Crippen LogP contribution in [0.4, 0.5) is 5.69 Å². The SMILES string of the molecule is Cc1ccc(/C=C2\SC(=S)N(CCCCCC(=O)NNC(=O)c3cccc([N+](=O)[O-])c3)C2=O)cc1. The maximum Gasteiger partial charge on any atom is 0.270 e. The maximum atomic E-state index is 12.7. The number of hydrazine groups is 1. The summed E-state index contributed by atoms with van der Waals surface area (Å²) in [7, 11) is 0. The molecule has 0 spiro atoms. The molecule has 2 N–H and O–H groups in total. The molecule has 1 aliphatic heterocycles. The largest absolute Gasteiger partial charge is 0.293 e. The van der Waals surface area contributed by atoms with E-state index in [1.165, 1.54) is 30.0 Å². The average Bonchev–Trinajstić information content (AvgIpc) is 3.10. The molecule has 0 unspecified atom stereocenters. The van der Waals surface area contributed by atoms with Crippen molar-refractivity contribution in [2.45, 2.75) is 32.6 Å². The van der Waals surface area contributed by atoms with Crippen molar-refractivity contribution in [1.82, 2.24) is 15.8 Å². The fraction of sp³-hybridized carbons (Fsp3) is 0.250. The van der Waals surface area contributed by atoms with Gasteiger partial charge in [-0.25, -0.2) is 0 Å². The van der Waals surface area contributed by atoms with E-state index in [4.69, 9.17) is 12.2 Å². The zero-order chi connectivity index (χ0) is 25.4. The number of unbranched alkanes of at least 4 members (excludes halogenated alkanes) is 2. The number of benzene rings is 2. The first-order valence-electron chi connectivity index (χ1n) is 10.9. The van der Waals surface area contributed by atoms with Crippen molar-refractivity contribution in [1.29, 1.82) is 0 Å². The molecule has 0 bridgehead atoms. The second kappa shape index (κ2) is 12.2. The minimum atomic E-state index is -0.643. The minimum absolute atomic E-state index is 0.0689. The summed E-state index contributed by atoms with van der Waals surface area (Å²) in [4.78, 5) is 49.1. The van der Waals surface area contributed by atoms with E-state index in [0.717, 1.165) is 17.2 Å². The summed E-state index contributed by atoms with van der Waals surface area (Å²) in [5.74, 6) is -1.13. The van der Waals surface area contributed by atoms with Crippen LogP contribution in [0, 0.1) is 17.0 Å². The first-order valence-corrected chi connectivity index (χ1v) is 12.1. The van der Waals surface area contributed by atoms with E-state index in [-0.39, 0.29) is 29.5 Å². The molecule has 0 aliphatic carbocycles. The van der Waals surface area contributed by atoms with Gasteiger partial charge in [-0.05, 0) is 37.5 Å². The summed E-state index contributed by atoms with van der Waals surface area (Å²) < 4.78 is 0.523. The van der Waals surface area contributed by atoms with Crippen LogP contribution in [-0.2, 0) is 9.59 Å². The fourth-order valence-corrected chi connectivity index (χ4v) is 4.57. The fourth-order valence-electron chi connectivity index (χ4n) is 3.26. The summed E-state index contributed by atoms with van der Waals surface area (Å²) >= 11 is 6.64. The number of aryl methyl sites for hydroxylation is 1. The molecule has 9 nitrogen and oxygen atoms in total. The molecule has 0 atom stereocenters. The van der Waals surface area contributed by atoms with Crippen LogP contribution in [0.15, 0.2) is 53.4 Å². The predicted octanol–water partition coefficient (Wildman–Crippen LogP) is 4.13. The number of carbonyl (C=O) groups excluding carboxylic acids is 3. The standard InChI is InChI=1S/C24H24N4O5S2/c1-16-9-11-17(12-10-16)14-20-23(31)27(24(34)35-20)13-4-2-3-8-21(29)25-26-22(30)18-6-5-7-19(15-18)28(32)33/h5-7,9-12,14-15H,2-4,8,13H2,1H3,(H,25,29)(H,26,30)/b20-14-. The van der Waals surface area contributed by atoms with Crippen LogP contribution in [0.2, 0.25) is 0 Å². The molecule has 1 aliphatic rings. The Bertz CT molecular complexity index is 1180. The van der Waals surface area contributed by atoms with Gasteiger partial charge in [-0.1, -0.05) is 66.3 Å². The summed E-state index contributed by atoms with van der Waals surface area (Å²) in [6.07, 6.45) is 3.95. The molecule has 2 aromatic carbocycles. The molecule has 3 rings (SSSR count). The number of thiocarbonyl (C=S) groups is 1. The lowest BCUT2D eigenvalue weighted by atomic mass is 10.1. The van der Waals surface area contributed by atoms with E-state index < -0.39 is 10.8 Å². The van der Waals surface area contributed by atoms with Gasteiger partial charge >= 0.3 is 0 Å². The van der Waals surface area contributed by atoms with E-state index in [0.29, 0.717) is 35.0 Å². The molecule has 182 valence electrons. The number of non-ortho nitro benzene ring substituents is 1. The van der Waals surface area contributed by atoms with Crippen molar-refractivity contribution in [3.63, 3.8) is 0 Å². The highest BCUT2D eigenvalue weighted by atomic mass is 32.2. The third kappa shape index (κ3) is 7.46. The van der Waals surface area contributed by atoms with Gasteiger partial charge < -0.3 is 0 Å². The molecule has 1 fully saturated rings. The quantitative estimate of drug-likeness (QED) is 0.170. The van der Waals surface area contributed by atoms with Crippen LogP contribution >= 0.6 is 24.0 Å². The first kappa shape index (κ1) is 26.0. The topological polar surface area (TPSA) is 122 Å². The number of thioether (sulfide) groups is 1. The van der Waals surface area contributed by atoms with Crippen molar-refractivity contribution in [3.05, 3.63) is 80.2 Å². The monoisotopic (exact) mass is 512 g/mol. The van der Waals surface area contributed by atoms with Crippen molar-refractivity contribution < 1.29 is 19.3 Å². The Kier molecular flexibility index (Phi) is 9.10. The van der Waals surface area contributed by atoms with Gasteiger partial charge in [0, 0.05) is 30.7 Å². The maximum absolute atomic E-state index is 12.7. The van der Waals surface area contributed by atoms with Gasteiger partial charge in [-0.3, -0.25) is 40.2 Å². The second-order valence-electron chi connectivity index (χ2n) is 7.86. The van der Waals surface area contributed by atoms with Crippen LogP contribution in [0.25, 0.3) is 6.08 Å². The molecule has 1 saturated heterocycles. The summed E-state index contributed by atoms with van der Waals surface area (Å²) in [6.45, 7) is 2.48. The molecule has 0 saturated carbocycles. The van der Waals surface area contributed by atoms with Crippen LogP contribution in [-0.4, -0.2) is 38.4 Å². The average molecular weight is 513 g/mol. The third-order valence-corrected chi connectivity index (χ3v) is 6.55. The number of hydrogen-bond acceptors (Lipinski definition) is 7. The van der Waals surface area contributed by atoms with Gasteiger partial charge in [0.15, 0.2) is 0 Å². The molecular formula is C24H24N4O5S2. The Hall–Kier alpha value is -3.57. The van der Waals surface area contributed by atoms with Gasteiger partial charge in [0.25, 0.3) is 17.5 Å². The Labute approximate surface area is 212 Å². The highest BCUT2D eigenvalue weighted by Crippen LogP contribution is 2.32. The minimum Gasteiger partial charge on any atom is -0.293 e. The second-order valence-corrected chi connectivity index (χ2v) is 9.54. The van der Waals surface area contributed by atoms with Crippen molar-refractivity contribution in [2.24, 2.45) is 0 Å². The van der Waals surface area contributed by atoms with Gasteiger partial charge in [-0.2, -0.15) is 0 Å². The van der Waals surface area contributed by atoms with Crippen LogP contribution in [0.5, 0.6) is 0 Å². The lowest BCUT2D eigenvalue weighted by molar-refractivity contribution is -0.384. The molecular weight excluding hydrogens is 488 g/mol. The highest BCUT2D eigenvalue weighted by Gasteiger charge is 2.31. The normalized spacial score (nSPS) is 14.3. The number of hydrogen-bond donors (Lipinski definition) is 2. The number of amides is 3. The Morgan fingerprint density at radius 1 is 1.11 bits per heavy atom. The number of carbonyl (C=O) groups is 3.